The van der Waals surface area contributed by atoms with Crippen molar-refractivity contribution in [3.8, 4) is 0 Å². The Morgan fingerprint density at radius 3 is 2.05 bits per heavy atom. The van der Waals surface area contributed by atoms with Gasteiger partial charge in [-0.15, -0.1) is 0 Å². The summed E-state index contributed by atoms with van der Waals surface area (Å²) >= 11 is 0. The van der Waals surface area contributed by atoms with Crippen molar-refractivity contribution in [1.29, 1.82) is 0 Å². The minimum absolute atomic E-state index is 0.396. The Bertz CT molecular complexity index is 519. The molecule has 2 nitrogen and oxygen atoms in total. The van der Waals surface area contributed by atoms with Gasteiger partial charge in [0.05, 0.1) is 12.1 Å². The number of aliphatic hydroxyl groups is 1. The van der Waals surface area contributed by atoms with Crippen molar-refractivity contribution in [3.05, 3.63) is 71.3 Å². The van der Waals surface area contributed by atoms with Crippen LogP contribution in [0.2, 0.25) is 0 Å². The number of nitrogens with two attached hydrogens (primary N) is 1. The zero-order valence-electron chi connectivity index (χ0n) is 12.2. The van der Waals surface area contributed by atoms with Crippen molar-refractivity contribution in [2.24, 2.45) is 11.7 Å². The van der Waals surface area contributed by atoms with E-state index in [1.54, 1.807) is 0 Å². The molecular formula is C18H23NO. The van der Waals surface area contributed by atoms with Crippen LogP contribution in [0.1, 0.15) is 42.7 Å². The monoisotopic (exact) mass is 269 g/mol. The van der Waals surface area contributed by atoms with Gasteiger partial charge in [-0.05, 0) is 29.0 Å². The van der Waals surface area contributed by atoms with E-state index in [9.17, 15) is 5.11 Å². The van der Waals surface area contributed by atoms with E-state index in [0.717, 1.165) is 17.5 Å². The number of hydrogen-bond donors (Lipinski definition) is 2. The summed E-state index contributed by atoms with van der Waals surface area (Å²) < 4.78 is 0. The second-order valence-electron chi connectivity index (χ2n) is 5.72. The summed E-state index contributed by atoms with van der Waals surface area (Å²) in [5.74, 6) is 0.636. The molecular weight excluding hydrogens is 246 g/mol. The van der Waals surface area contributed by atoms with Gasteiger partial charge in [0.15, 0.2) is 0 Å². The van der Waals surface area contributed by atoms with E-state index >= 15 is 0 Å². The van der Waals surface area contributed by atoms with E-state index in [0.29, 0.717) is 5.92 Å². The van der Waals surface area contributed by atoms with Gasteiger partial charge in [-0.2, -0.15) is 0 Å². The minimum atomic E-state index is -0.675. The molecule has 2 aromatic rings. The van der Waals surface area contributed by atoms with E-state index in [4.69, 9.17) is 5.73 Å². The summed E-state index contributed by atoms with van der Waals surface area (Å²) in [7, 11) is 0. The highest BCUT2D eigenvalue weighted by molar-refractivity contribution is 5.28. The van der Waals surface area contributed by atoms with Gasteiger partial charge in [-0.3, -0.25) is 0 Å². The molecule has 3 N–H and O–H groups in total. The van der Waals surface area contributed by atoms with Crippen molar-refractivity contribution in [3.63, 3.8) is 0 Å². The average molecular weight is 269 g/mol. The molecule has 0 amide bonds. The van der Waals surface area contributed by atoms with E-state index in [2.05, 4.69) is 26.0 Å². The fraction of sp³-hybridized carbons (Fsp3) is 0.333. The Kier molecular flexibility index (Phi) is 4.94. The van der Waals surface area contributed by atoms with E-state index in [1.807, 2.05) is 42.5 Å². The Hall–Kier alpha value is -1.64. The summed E-state index contributed by atoms with van der Waals surface area (Å²) in [5.41, 5.74) is 9.25. The van der Waals surface area contributed by atoms with Crippen LogP contribution in [0.25, 0.3) is 0 Å². The molecule has 0 aliphatic heterocycles. The van der Waals surface area contributed by atoms with Crippen LogP contribution >= 0.6 is 0 Å². The number of hydrogen-bond acceptors (Lipinski definition) is 2. The molecule has 0 radical (unpaired) electrons. The second-order valence-corrected chi connectivity index (χ2v) is 5.72. The van der Waals surface area contributed by atoms with Crippen LogP contribution in [-0.4, -0.2) is 5.11 Å². The standard InChI is InChI=1S/C18H23NO/c1-13(2)12-14-8-10-16(11-9-14)18(20)17(19)15-6-4-3-5-7-15/h3-11,13,17-18,20H,12,19H2,1-2H3. The third-order valence-corrected chi connectivity index (χ3v) is 3.49. The maximum atomic E-state index is 10.4. The highest BCUT2D eigenvalue weighted by Crippen LogP contribution is 2.26. The molecule has 2 heteroatoms. The van der Waals surface area contributed by atoms with E-state index in [1.165, 1.54) is 5.56 Å². The minimum Gasteiger partial charge on any atom is -0.386 e. The van der Waals surface area contributed by atoms with Crippen molar-refractivity contribution >= 4 is 0 Å². The number of benzene rings is 2. The van der Waals surface area contributed by atoms with Crippen molar-refractivity contribution < 1.29 is 5.11 Å². The van der Waals surface area contributed by atoms with Crippen LogP contribution in [-0.2, 0) is 6.42 Å². The topological polar surface area (TPSA) is 46.2 Å². The molecule has 0 aliphatic carbocycles. The normalized spacial score (nSPS) is 14.2. The molecule has 106 valence electrons. The summed E-state index contributed by atoms with van der Waals surface area (Å²) in [6, 6.07) is 17.4. The summed E-state index contributed by atoms with van der Waals surface area (Å²) in [4.78, 5) is 0. The Balaban J connectivity index is 2.11. The predicted octanol–water partition coefficient (Wildman–Crippen LogP) is 3.62. The quantitative estimate of drug-likeness (QED) is 0.871. The van der Waals surface area contributed by atoms with Gasteiger partial charge in [-0.25, -0.2) is 0 Å². The molecule has 0 bridgehead atoms. The van der Waals surface area contributed by atoms with Crippen molar-refractivity contribution in [2.45, 2.75) is 32.4 Å². The SMILES string of the molecule is CC(C)Cc1ccc(C(O)C(N)c2ccccc2)cc1. The van der Waals surface area contributed by atoms with Gasteiger partial charge < -0.3 is 10.8 Å². The molecule has 0 aromatic heterocycles. The van der Waals surface area contributed by atoms with Crippen LogP contribution in [0.4, 0.5) is 0 Å². The fourth-order valence-electron chi connectivity index (χ4n) is 2.39. The van der Waals surface area contributed by atoms with Crippen molar-refractivity contribution in [1.82, 2.24) is 0 Å². The molecule has 0 spiro atoms. The first kappa shape index (κ1) is 14.8. The van der Waals surface area contributed by atoms with Gasteiger partial charge in [0.25, 0.3) is 0 Å². The molecule has 2 unspecified atom stereocenters. The third-order valence-electron chi connectivity index (χ3n) is 3.49. The highest BCUT2D eigenvalue weighted by Gasteiger charge is 2.18. The molecule has 0 fully saturated rings. The second kappa shape index (κ2) is 6.69. The van der Waals surface area contributed by atoms with Gasteiger partial charge in [0, 0.05) is 0 Å². The highest BCUT2D eigenvalue weighted by atomic mass is 16.3. The number of aliphatic hydroxyl groups excluding tert-OH is 1. The molecule has 0 saturated carbocycles. The maximum Gasteiger partial charge on any atom is 0.0982 e. The summed E-state index contributed by atoms with van der Waals surface area (Å²) in [5, 5.41) is 10.4. The van der Waals surface area contributed by atoms with Crippen LogP contribution < -0.4 is 5.73 Å². The smallest absolute Gasteiger partial charge is 0.0982 e. The first-order valence-electron chi connectivity index (χ1n) is 7.15. The lowest BCUT2D eigenvalue weighted by atomic mass is 9.94. The molecule has 2 aromatic carbocycles. The Morgan fingerprint density at radius 2 is 1.50 bits per heavy atom. The molecule has 0 heterocycles. The first-order valence-corrected chi connectivity index (χ1v) is 7.15. The van der Waals surface area contributed by atoms with E-state index in [-0.39, 0.29) is 0 Å². The zero-order valence-corrected chi connectivity index (χ0v) is 12.2. The molecule has 0 aliphatic rings. The van der Waals surface area contributed by atoms with Crippen LogP contribution in [0, 0.1) is 5.92 Å². The lowest BCUT2D eigenvalue weighted by Crippen LogP contribution is -2.19. The fourth-order valence-corrected chi connectivity index (χ4v) is 2.39. The van der Waals surface area contributed by atoms with Gasteiger partial charge in [0.1, 0.15) is 0 Å². The Labute approximate surface area is 121 Å². The van der Waals surface area contributed by atoms with E-state index < -0.39 is 12.1 Å². The van der Waals surface area contributed by atoms with Gasteiger partial charge in [0.2, 0.25) is 0 Å². The van der Waals surface area contributed by atoms with Crippen LogP contribution in [0.15, 0.2) is 54.6 Å². The van der Waals surface area contributed by atoms with Gasteiger partial charge in [-0.1, -0.05) is 68.4 Å². The lowest BCUT2D eigenvalue weighted by molar-refractivity contribution is 0.147. The molecule has 20 heavy (non-hydrogen) atoms. The number of rotatable bonds is 5. The van der Waals surface area contributed by atoms with Crippen LogP contribution in [0.3, 0.4) is 0 Å². The van der Waals surface area contributed by atoms with Crippen molar-refractivity contribution in [2.75, 3.05) is 0 Å². The lowest BCUT2D eigenvalue weighted by Gasteiger charge is -2.20. The molecule has 0 saturated heterocycles. The molecule has 2 atom stereocenters. The van der Waals surface area contributed by atoms with Crippen LogP contribution in [0.5, 0.6) is 0 Å². The Morgan fingerprint density at radius 1 is 0.900 bits per heavy atom. The first-order chi connectivity index (χ1) is 9.58. The zero-order chi connectivity index (χ0) is 14.5. The predicted molar refractivity (Wildman–Crippen MR) is 83.3 cm³/mol. The summed E-state index contributed by atoms with van der Waals surface area (Å²) in [6.45, 7) is 4.40. The maximum absolute atomic E-state index is 10.4. The largest absolute Gasteiger partial charge is 0.386 e. The average Bonchev–Trinajstić information content (AvgIpc) is 2.47. The third kappa shape index (κ3) is 3.69. The summed E-state index contributed by atoms with van der Waals surface area (Å²) in [6.07, 6.45) is 0.381. The van der Waals surface area contributed by atoms with Gasteiger partial charge >= 0.3 is 0 Å². The molecule has 2 rings (SSSR count).